The molecule has 0 radical (unpaired) electrons. The summed E-state index contributed by atoms with van der Waals surface area (Å²) in [7, 11) is 0. The summed E-state index contributed by atoms with van der Waals surface area (Å²) in [4.78, 5) is 2.97. The molecule has 0 heterocycles. The third-order valence-electron chi connectivity index (χ3n) is 7.20. The first kappa shape index (κ1) is 35.4. The van der Waals surface area contributed by atoms with Gasteiger partial charge in [0.05, 0.1) is 0 Å². The van der Waals surface area contributed by atoms with E-state index in [4.69, 9.17) is 5.39 Å². The first-order valence-corrected chi connectivity index (χ1v) is 12.7. The molecule has 2 nitrogen and oxygen atoms in total. The molecule has 5 aromatic carbocycles. The van der Waals surface area contributed by atoms with Gasteiger partial charge < -0.3 is 0 Å². The van der Waals surface area contributed by atoms with Crippen molar-refractivity contribution in [2.24, 2.45) is 0 Å². The van der Waals surface area contributed by atoms with Crippen molar-refractivity contribution >= 4 is 33.7 Å². The van der Waals surface area contributed by atoms with Crippen LogP contribution in [-0.2, 0) is 0 Å². The molecule has 0 aliphatic carbocycles. The Hall–Kier alpha value is -5.47. The second kappa shape index (κ2) is 13.3. The van der Waals surface area contributed by atoms with Crippen LogP contribution >= 0.6 is 0 Å². The van der Waals surface area contributed by atoms with Crippen molar-refractivity contribution in [3.63, 3.8) is 0 Å². The molecule has 0 saturated heterocycles. The minimum absolute atomic E-state index is 0.397. The fraction of sp³-hybridized carbons (Fsp3) is 0. The Kier molecular flexibility index (Phi) is 9.83. The molecule has 0 aliphatic rings. The van der Waals surface area contributed by atoms with Crippen molar-refractivity contribution in [2.45, 2.75) is 0 Å². The molecule has 48 heavy (non-hydrogen) atoms. The Morgan fingerprint density at radius 3 is 0.792 bits per heavy atom. The minimum atomic E-state index is -5.72. The van der Waals surface area contributed by atoms with E-state index in [2.05, 4.69) is 4.98 Å². The van der Waals surface area contributed by atoms with Crippen LogP contribution < -0.4 is 21.9 Å². The summed E-state index contributed by atoms with van der Waals surface area (Å²) in [6, 6.07) is 12.2. The number of benzene rings is 5. The summed E-state index contributed by atoms with van der Waals surface area (Å²) in [6.45, 7) is 0. The SMILES string of the molecule is Fc1c(F)c(F)c([B-](c2ccccc2)(c2c(F)c(F)c(F)c(F)c2F)c2c(F)c(F)c(F)c(F)c2F)c(F)c1F.N#[N+]c1ccccc1. The number of nitrogens with zero attached hydrogens (tertiary/aromatic N) is 2. The quantitative estimate of drug-likeness (QED) is 0.0638. The smallest absolute Gasteiger partial charge is 0.207 e. The Balaban J connectivity index is 0.000000569. The highest BCUT2D eigenvalue weighted by Crippen LogP contribution is 2.28. The lowest BCUT2D eigenvalue weighted by Crippen LogP contribution is -2.79. The highest BCUT2D eigenvalue weighted by molar-refractivity contribution is 7.20. The molecule has 0 saturated carbocycles. The van der Waals surface area contributed by atoms with Crippen molar-refractivity contribution < 1.29 is 65.9 Å². The Labute approximate surface area is 258 Å². The fourth-order valence-corrected chi connectivity index (χ4v) is 5.18. The lowest BCUT2D eigenvalue weighted by atomic mass is 9.12. The molecule has 0 atom stereocenters. The van der Waals surface area contributed by atoms with Gasteiger partial charge in [0.2, 0.25) is 5.39 Å². The first-order chi connectivity index (χ1) is 22.6. The molecular weight excluding hydrogens is 684 g/mol. The van der Waals surface area contributed by atoms with E-state index in [1.54, 1.807) is 12.1 Å². The van der Waals surface area contributed by atoms with E-state index in [0.29, 0.717) is 17.8 Å². The Morgan fingerprint density at radius 2 is 0.562 bits per heavy atom. The zero-order valence-corrected chi connectivity index (χ0v) is 22.9. The van der Waals surface area contributed by atoms with Gasteiger partial charge in [-0.25, -0.2) is 65.9 Å². The molecular formula is C30H10BF15N2. The molecule has 0 amide bonds. The van der Waals surface area contributed by atoms with E-state index in [9.17, 15) is 39.5 Å². The third kappa shape index (κ3) is 5.38. The Bertz CT molecular complexity index is 1850. The van der Waals surface area contributed by atoms with Crippen molar-refractivity contribution in [1.82, 2.24) is 0 Å². The number of hydrogen-bond acceptors (Lipinski definition) is 1. The van der Waals surface area contributed by atoms with Gasteiger partial charge in [-0.15, -0.1) is 16.4 Å². The van der Waals surface area contributed by atoms with Crippen molar-refractivity contribution in [3.05, 3.63) is 153 Å². The molecule has 0 N–H and O–H groups in total. The molecule has 18 heteroatoms. The van der Waals surface area contributed by atoms with Crippen LogP contribution in [0.2, 0.25) is 0 Å². The predicted octanol–water partition coefficient (Wildman–Crippen LogP) is 7.32. The summed E-state index contributed by atoms with van der Waals surface area (Å²) in [6.07, 6.45) is -5.72. The van der Waals surface area contributed by atoms with Crippen LogP contribution in [0.4, 0.5) is 71.5 Å². The highest BCUT2D eigenvalue weighted by atomic mass is 19.2. The zero-order chi connectivity index (χ0) is 35.8. The maximum atomic E-state index is 15.3. The van der Waals surface area contributed by atoms with Crippen molar-refractivity contribution in [1.29, 1.82) is 5.39 Å². The average Bonchev–Trinajstić information content (AvgIpc) is 3.10. The topological polar surface area (TPSA) is 28.1 Å². The van der Waals surface area contributed by atoms with Gasteiger partial charge in [-0.05, 0) is 0 Å². The van der Waals surface area contributed by atoms with Gasteiger partial charge >= 0.3 is 5.69 Å². The predicted molar refractivity (Wildman–Crippen MR) is 141 cm³/mol. The highest BCUT2D eigenvalue weighted by Gasteiger charge is 2.48. The first-order valence-electron chi connectivity index (χ1n) is 12.7. The monoisotopic (exact) mass is 694 g/mol. The molecule has 0 aromatic heterocycles. The molecule has 0 unspecified atom stereocenters. The molecule has 0 spiro atoms. The maximum Gasteiger partial charge on any atom is 0.385 e. The Morgan fingerprint density at radius 1 is 0.333 bits per heavy atom. The molecule has 0 aliphatic heterocycles. The lowest BCUT2D eigenvalue weighted by molar-refractivity contribution is 0.380. The summed E-state index contributed by atoms with van der Waals surface area (Å²) in [5, 5.41) is 8.16. The second-order valence-corrected chi connectivity index (χ2v) is 9.66. The number of diazo groups is 1. The van der Waals surface area contributed by atoms with E-state index >= 15 is 26.3 Å². The van der Waals surface area contributed by atoms with Gasteiger partial charge in [0, 0.05) is 12.1 Å². The van der Waals surface area contributed by atoms with Crippen molar-refractivity contribution in [2.75, 3.05) is 0 Å². The van der Waals surface area contributed by atoms with Crippen LogP contribution in [0, 0.1) is 92.7 Å². The van der Waals surface area contributed by atoms with E-state index in [-0.39, 0.29) is 0 Å². The van der Waals surface area contributed by atoms with Crippen LogP contribution in [0.1, 0.15) is 0 Å². The largest absolute Gasteiger partial charge is 0.385 e. The fourth-order valence-electron chi connectivity index (χ4n) is 5.18. The van der Waals surface area contributed by atoms with Crippen LogP contribution in [0.25, 0.3) is 4.98 Å². The van der Waals surface area contributed by atoms with Gasteiger partial charge in [0.15, 0.2) is 57.3 Å². The molecule has 0 bridgehead atoms. The number of rotatable bonds is 4. The van der Waals surface area contributed by atoms with E-state index < -0.39 is 115 Å². The standard InChI is InChI=1S/C24H5BF15.C6H5N2/c26-10-7(11(27)17(33)22(38)16(10)32)25(6-4-2-1-3-5-6,8-12(28)18(34)23(39)19(35)13(8)29)9-14(30)20(36)24(40)21(37)15(9)31;7-8-6-4-2-1-3-5-6/h1-5H;1-5H/q-1;+1. The zero-order valence-electron chi connectivity index (χ0n) is 22.9. The van der Waals surface area contributed by atoms with Crippen LogP contribution in [0.5, 0.6) is 0 Å². The van der Waals surface area contributed by atoms with Crippen molar-refractivity contribution in [3.8, 4) is 0 Å². The van der Waals surface area contributed by atoms with E-state index in [1.165, 1.54) is 0 Å². The lowest BCUT2D eigenvalue weighted by Gasteiger charge is -2.44. The second-order valence-electron chi connectivity index (χ2n) is 9.66. The van der Waals surface area contributed by atoms with Gasteiger partial charge in [-0.1, -0.05) is 48.5 Å². The summed E-state index contributed by atoms with van der Waals surface area (Å²) in [5.41, 5.74) is -8.82. The molecule has 5 aromatic rings. The van der Waals surface area contributed by atoms with Gasteiger partial charge in [-0.2, -0.15) is 5.46 Å². The minimum Gasteiger partial charge on any atom is -0.207 e. The average molecular weight is 694 g/mol. The molecule has 248 valence electrons. The van der Waals surface area contributed by atoms with Crippen LogP contribution in [-0.4, -0.2) is 6.15 Å². The molecule has 5 rings (SSSR count). The van der Waals surface area contributed by atoms with Gasteiger partial charge in [0.25, 0.3) is 0 Å². The summed E-state index contributed by atoms with van der Waals surface area (Å²) < 4.78 is 220. The third-order valence-corrected chi connectivity index (χ3v) is 7.20. The van der Waals surface area contributed by atoms with Gasteiger partial charge in [0.1, 0.15) is 41.0 Å². The van der Waals surface area contributed by atoms with Crippen LogP contribution in [0.15, 0.2) is 60.7 Å². The summed E-state index contributed by atoms with van der Waals surface area (Å²) in [5.74, 6) is -45.5. The maximum absolute atomic E-state index is 15.3. The van der Waals surface area contributed by atoms with E-state index in [1.807, 2.05) is 18.2 Å². The number of hydrogen-bond donors (Lipinski definition) is 0. The molecule has 0 fully saturated rings. The van der Waals surface area contributed by atoms with E-state index in [0.717, 1.165) is 18.2 Å². The van der Waals surface area contributed by atoms with Gasteiger partial charge in [-0.3, -0.25) is 0 Å². The normalized spacial score (nSPS) is 11.2. The van der Waals surface area contributed by atoms with Crippen LogP contribution in [0.3, 0.4) is 0 Å². The number of halogens is 15. The summed E-state index contributed by atoms with van der Waals surface area (Å²) >= 11 is 0.